The van der Waals surface area contributed by atoms with Crippen molar-refractivity contribution in [1.82, 2.24) is 10.2 Å². The molecule has 0 aromatic heterocycles. The fourth-order valence-electron chi connectivity index (χ4n) is 2.97. The van der Waals surface area contributed by atoms with Gasteiger partial charge >= 0.3 is 6.03 Å². The van der Waals surface area contributed by atoms with Gasteiger partial charge in [0.1, 0.15) is 0 Å². The van der Waals surface area contributed by atoms with Gasteiger partial charge in [0.05, 0.1) is 18.2 Å². The highest BCUT2D eigenvalue weighted by atomic mass is 16.5. The van der Waals surface area contributed by atoms with Gasteiger partial charge in [-0.3, -0.25) is 0 Å². The van der Waals surface area contributed by atoms with Gasteiger partial charge in [-0.15, -0.1) is 0 Å². The van der Waals surface area contributed by atoms with Gasteiger partial charge in [0.15, 0.2) is 0 Å². The Hall–Kier alpha value is -0.810. The maximum atomic E-state index is 12.3. The summed E-state index contributed by atoms with van der Waals surface area (Å²) in [6, 6.07) is 0.188. The molecule has 3 atom stereocenters. The van der Waals surface area contributed by atoms with E-state index in [1.54, 1.807) is 0 Å². The lowest BCUT2D eigenvalue weighted by Crippen LogP contribution is -2.48. The van der Waals surface area contributed by atoms with E-state index in [9.17, 15) is 4.79 Å². The molecular weight excluding hydrogens is 244 g/mol. The van der Waals surface area contributed by atoms with Crippen LogP contribution in [0, 0.1) is 0 Å². The predicted molar refractivity (Wildman–Crippen MR) is 73.0 cm³/mol. The number of carbonyl (C=O) groups excluding carboxylic acids is 1. The second-order valence-corrected chi connectivity index (χ2v) is 5.58. The fourth-order valence-corrected chi connectivity index (χ4v) is 2.97. The Morgan fingerprint density at radius 1 is 1.37 bits per heavy atom. The van der Waals surface area contributed by atoms with Crippen molar-refractivity contribution in [1.29, 1.82) is 0 Å². The third-order valence-corrected chi connectivity index (χ3v) is 4.07. The van der Waals surface area contributed by atoms with Gasteiger partial charge in [-0.05, 0) is 32.1 Å². The first-order valence-corrected chi connectivity index (χ1v) is 7.56. The van der Waals surface area contributed by atoms with Crippen molar-refractivity contribution in [2.75, 3.05) is 19.7 Å². The molecule has 0 aliphatic carbocycles. The highest BCUT2D eigenvalue weighted by molar-refractivity contribution is 5.74. The zero-order chi connectivity index (χ0) is 13.7. The largest absolute Gasteiger partial charge is 0.396 e. The lowest BCUT2D eigenvalue weighted by atomic mass is 9.96. The summed E-state index contributed by atoms with van der Waals surface area (Å²) in [5, 5.41) is 12.0. The van der Waals surface area contributed by atoms with E-state index >= 15 is 0 Å². The van der Waals surface area contributed by atoms with Crippen LogP contribution in [0.2, 0.25) is 0 Å². The van der Waals surface area contributed by atoms with Gasteiger partial charge in [0, 0.05) is 19.7 Å². The molecule has 110 valence electrons. The zero-order valence-corrected chi connectivity index (χ0v) is 11.8. The lowest BCUT2D eigenvalue weighted by molar-refractivity contribution is 0.0968. The number of unbranched alkanes of at least 4 members (excludes halogenated alkanes) is 1. The number of fused-ring (bicyclic) bond motifs is 2. The topological polar surface area (TPSA) is 61.8 Å². The molecule has 0 radical (unpaired) electrons. The number of urea groups is 1. The van der Waals surface area contributed by atoms with Crippen LogP contribution >= 0.6 is 0 Å². The molecule has 0 spiro atoms. The number of amides is 2. The molecule has 0 aromatic rings. The van der Waals surface area contributed by atoms with Gasteiger partial charge in [-0.1, -0.05) is 13.3 Å². The average molecular weight is 270 g/mol. The zero-order valence-electron chi connectivity index (χ0n) is 11.8. The van der Waals surface area contributed by atoms with Crippen molar-refractivity contribution in [3.8, 4) is 0 Å². The second kappa shape index (κ2) is 7.10. The molecule has 0 aromatic carbocycles. The summed E-state index contributed by atoms with van der Waals surface area (Å²) in [5.41, 5.74) is 0. The van der Waals surface area contributed by atoms with Crippen LogP contribution in [0.15, 0.2) is 0 Å². The van der Waals surface area contributed by atoms with E-state index in [1.165, 1.54) is 0 Å². The van der Waals surface area contributed by atoms with Crippen molar-refractivity contribution in [3.63, 3.8) is 0 Å². The van der Waals surface area contributed by atoms with Crippen molar-refractivity contribution in [2.45, 2.75) is 63.7 Å². The van der Waals surface area contributed by atoms with Crippen molar-refractivity contribution < 1.29 is 14.6 Å². The number of rotatable bonds is 7. The normalized spacial score (nSPS) is 28.6. The minimum atomic E-state index is 0.00282. The highest BCUT2D eigenvalue weighted by Crippen LogP contribution is 2.34. The van der Waals surface area contributed by atoms with Crippen LogP contribution in [0.4, 0.5) is 4.79 Å². The molecule has 2 saturated heterocycles. The first-order valence-electron chi connectivity index (χ1n) is 7.56. The third-order valence-electron chi connectivity index (χ3n) is 4.07. The Bertz CT molecular complexity index is 290. The van der Waals surface area contributed by atoms with Crippen LogP contribution in [0.3, 0.4) is 0 Å². The molecule has 2 heterocycles. The standard InChI is InChI=1S/C14H26N2O3/c1-2-3-7-16(8-4-9-17)14(18)15-12-10-11-5-6-13(12)19-11/h11-13,17H,2-10H2,1H3,(H,15,18). The number of hydrogen-bond acceptors (Lipinski definition) is 3. The van der Waals surface area contributed by atoms with E-state index in [1.807, 2.05) is 4.90 Å². The van der Waals surface area contributed by atoms with E-state index in [4.69, 9.17) is 9.84 Å². The number of aliphatic hydroxyl groups excluding tert-OH is 1. The van der Waals surface area contributed by atoms with Crippen LogP contribution in [0.1, 0.15) is 45.4 Å². The third kappa shape index (κ3) is 3.83. The van der Waals surface area contributed by atoms with Gasteiger partial charge in [0.25, 0.3) is 0 Å². The maximum Gasteiger partial charge on any atom is 0.317 e. The van der Waals surface area contributed by atoms with Gasteiger partial charge in [0.2, 0.25) is 0 Å². The highest BCUT2D eigenvalue weighted by Gasteiger charge is 2.41. The van der Waals surface area contributed by atoms with E-state index in [0.29, 0.717) is 19.1 Å². The van der Waals surface area contributed by atoms with Crippen molar-refractivity contribution in [3.05, 3.63) is 0 Å². The molecule has 19 heavy (non-hydrogen) atoms. The Morgan fingerprint density at radius 3 is 2.74 bits per heavy atom. The minimum absolute atomic E-state index is 0.00282. The van der Waals surface area contributed by atoms with E-state index in [2.05, 4.69) is 12.2 Å². The number of ether oxygens (including phenoxy) is 1. The van der Waals surface area contributed by atoms with Crippen LogP contribution in [0.5, 0.6) is 0 Å². The smallest absolute Gasteiger partial charge is 0.317 e. The fraction of sp³-hybridized carbons (Fsp3) is 0.929. The summed E-state index contributed by atoms with van der Waals surface area (Å²) >= 11 is 0. The van der Waals surface area contributed by atoms with Crippen LogP contribution in [-0.4, -0.2) is 54.0 Å². The Labute approximate surface area is 115 Å². The molecular formula is C14H26N2O3. The van der Waals surface area contributed by atoms with Crippen molar-refractivity contribution in [2.24, 2.45) is 0 Å². The van der Waals surface area contributed by atoms with Gasteiger partial charge < -0.3 is 20.1 Å². The summed E-state index contributed by atoms with van der Waals surface area (Å²) in [5.74, 6) is 0. The minimum Gasteiger partial charge on any atom is -0.396 e. The monoisotopic (exact) mass is 270 g/mol. The van der Waals surface area contributed by atoms with Crippen LogP contribution in [0.25, 0.3) is 0 Å². The summed E-state index contributed by atoms with van der Waals surface area (Å²) in [6.45, 7) is 3.65. The summed E-state index contributed by atoms with van der Waals surface area (Å²) in [6.07, 6.45) is 6.47. The van der Waals surface area contributed by atoms with Gasteiger partial charge in [-0.25, -0.2) is 4.79 Å². The lowest BCUT2D eigenvalue weighted by Gasteiger charge is -2.27. The summed E-state index contributed by atoms with van der Waals surface area (Å²) < 4.78 is 5.75. The van der Waals surface area contributed by atoms with Gasteiger partial charge in [-0.2, -0.15) is 0 Å². The van der Waals surface area contributed by atoms with E-state index < -0.39 is 0 Å². The van der Waals surface area contributed by atoms with E-state index in [-0.39, 0.29) is 24.8 Å². The SMILES string of the molecule is CCCCN(CCCO)C(=O)NC1CC2CCC1O2. The summed E-state index contributed by atoms with van der Waals surface area (Å²) in [7, 11) is 0. The Kier molecular flexibility index (Phi) is 5.45. The molecule has 2 aliphatic heterocycles. The van der Waals surface area contributed by atoms with Crippen LogP contribution in [-0.2, 0) is 4.74 Å². The average Bonchev–Trinajstić information content (AvgIpc) is 3.01. The first kappa shape index (κ1) is 14.6. The quantitative estimate of drug-likeness (QED) is 0.737. The molecule has 0 saturated carbocycles. The molecule has 2 rings (SSSR count). The Morgan fingerprint density at radius 2 is 2.16 bits per heavy atom. The number of nitrogens with zero attached hydrogens (tertiary/aromatic N) is 1. The number of hydrogen-bond donors (Lipinski definition) is 2. The summed E-state index contributed by atoms with van der Waals surface area (Å²) in [4.78, 5) is 14.1. The number of nitrogens with one attached hydrogen (secondary N) is 1. The molecule has 2 fully saturated rings. The Balaban J connectivity index is 1.80. The molecule has 2 aliphatic rings. The molecule has 5 nitrogen and oxygen atoms in total. The molecule has 2 amide bonds. The molecule has 5 heteroatoms. The molecule has 2 N–H and O–H groups in total. The first-order chi connectivity index (χ1) is 9.24. The van der Waals surface area contributed by atoms with E-state index in [0.717, 1.165) is 38.6 Å². The molecule has 3 unspecified atom stereocenters. The maximum absolute atomic E-state index is 12.3. The molecule has 2 bridgehead atoms. The van der Waals surface area contributed by atoms with Crippen molar-refractivity contribution >= 4 is 6.03 Å². The number of carbonyl (C=O) groups is 1. The second-order valence-electron chi connectivity index (χ2n) is 5.58. The predicted octanol–water partition coefficient (Wildman–Crippen LogP) is 1.50. The number of aliphatic hydroxyl groups is 1. The van der Waals surface area contributed by atoms with Crippen LogP contribution < -0.4 is 5.32 Å².